The van der Waals surface area contributed by atoms with Crippen molar-refractivity contribution in [3.8, 4) is 5.75 Å². The first-order chi connectivity index (χ1) is 12.9. The molecule has 0 saturated heterocycles. The van der Waals surface area contributed by atoms with Crippen LogP contribution in [0.15, 0.2) is 48.5 Å². The maximum absolute atomic E-state index is 12.9. The van der Waals surface area contributed by atoms with Gasteiger partial charge >= 0.3 is 11.9 Å². The summed E-state index contributed by atoms with van der Waals surface area (Å²) in [6.45, 7) is 0. The standard InChI is InChI=1S/C20H19NO6/c1-27-14-8-6-13(7-9-14)21-17(22)16-11-20(18(23)24,19(25)26)10-12-4-2-3-5-15(12)16/h2-9,16H,10-11H2,1H3,(H,21,22)(H,23,24)(H,25,26). The molecule has 0 aliphatic heterocycles. The topological polar surface area (TPSA) is 113 Å². The molecule has 140 valence electrons. The Balaban J connectivity index is 1.95. The van der Waals surface area contributed by atoms with Crippen LogP contribution in [0, 0.1) is 5.41 Å². The third-order valence-electron chi connectivity index (χ3n) is 4.97. The van der Waals surface area contributed by atoms with Gasteiger partial charge in [0.05, 0.1) is 13.0 Å². The molecule has 0 heterocycles. The highest BCUT2D eigenvalue weighted by atomic mass is 16.5. The molecule has 1 atom stereocenters. The van der Waals surface area contributed by atoms with Crippen LogP contribution < -0.4 is 10.1 Å². The Morgan fingerprint density at radius 1 is 1.04 bits per heavy atom. The summed E-state index contributed by atoms with van der Waals surface area (Å²) in [5.74, 6) is -3.58. The van der Waals surface area contributed by atoms with Crippen LogP contribution in [0.4, 0.5) is 5.69 Å². The first-order valence-electron chi connectivity index (χ1n) is 8.37. The minimum absolute atomic E-state index is 0.153. The van der Waals surface area contributed by atoms with Crippen molar-refractivity contribution in [2.24, 2.45) is 5.41 Å². The summed E-state index contributed by atoms with van der Waals surface area (Å²) >= 11 is 0. The quantitative estimate of drug-likeness (QED) is 0.698. The molecule has 0 bridgehead atoms. The van der Waals surface area contributed by atoms with Gasteiger partial charge in [-0.05, 0) is 48.2 Å². The molecule has 27 heavy (non-hydrogen) atoms. The molecule has 7 nitrogen and oxygen atoms in total. The third-order valence-corrected chi connectivity index (χ3v) is 4.97. The summed E-state index contributed by atoms with van der Waals surface area (Å²) in [4.78, 5) is 36.5. The van der Waals surface area contributed by atoms with E-state index in [0.717, 1.165) is 0 Å². The van der Waals surface area contributed by atoms with Gasteiger partial charge in [-0.15, -0.1) is 0 Å². The maximum atomic E-state index is 12.9. The lowest BCUT2D eigenvalue weighted by Crippen LogP contribution is -2.47. The lowest BCUT2D eigenvalue weighted by atomic mass is 9.66. The zero-order valence-electron chi connectivity index (χ0n) is 14.6. The summed E-state index contributed by atoms with van der Waals surface area (Å²) in [7, 11) is 1.53. The van der Waals surface area contributed by atoms with Crippen LogP contribution in [0.5, 0.6) is 5.75 Å². The van der Waals surface area contributed by atoms with Gasteiger partial charge in [-0.25, -0.2) is 0 Å². The predicted octanol–water partition coefficient (Wildman–Crippen LogP) is 2.52. The van der Waals surface area contributed by atoms with E-state index in [2.05, 4.69) is 5.32 Å². The molecule has 1 aliphatic carbocycles. The monoisotopic (exact) mass is 369 g/mol. The average molecular weight is 369 g/mol. The van der Waals surface area contributed by atoms with Crippen molar-refractivity contribution in [1.82, 2.24) is 0 Å². The van der Waals surface area contributed by atoms with Crippen molar-refractivity contribution in [1.29, 1.82) is 0 Å². The second-order valence-corrected chi connectivity index (χ2v) is 6.54. The summed E-state index contributed by atoms with van der Waals surface area (Å²) in [5.41, 5.74) is -0.304. The molecule has 1 amide bonds. The second kappa shape index (κ2) is 7.11. The molecule has 3 N–H and O–H groups in total. The van der Waals surface area contributed by atoms with E-state index in [1.165, 1.54) is 7.11 Å². The molecule has 0 saturated carbocycles. The number of fused-ring (bicyclic) bond motifs is 1. The number of carbonyl (C=O) groups excluding carboxylic acids is 1. The maximum Gasteiger partial charge on any atom is 0.321 e. The van der Waals surface area contributed by atoms with Gasteiger partial charge in [0.1, 0.15) is 5.75 Å². The minimum Gasteiger partial charge on any atom is -0.497 e. The number of carboxylic acid groups (broad SMARTS) is 2. The van der Waals surface area contributed by atoms with Crippen LogP contribution in [0.2, 0.25) is 0 Å². The number of nitrogens with one attached hydrogen (secondary N) is 1. The number of amides is 1. The van der Waals surface area contributed by atoms with E-state index >= 15 is 0 Å². The van der Waals surface area contributed by atoms with Gasteiger partial charge in [0.15, 0.2) is 5.41 Å². The summed E-state index contributed by atoms with van der Waals surface area (Å²) in [6.07, 6.45) is -0.461. The van der Waals surface area contributed by atoms with E-state index in [0.29, 0.717) is 22.6 Å². The zero-order chi connectivity index (χ0) is 19.6. The Labute approximate surface area is 155 Å². The van der Waals surface area contributed by atoms with Gasteiger partial charge in [-0.1, -0.05) is 24.3 Å². The van der Waals surface area contributed by atoms with Crippen LogP contribution in [0.25, 0.3) is 0 Å². The molecule has 1 aliphatic rings. The summed E-state index contributed by atoms with van der Waals surface area (Å²) in [5, 5.41) is 21.9. The van der Waals surface area contributed by atoms with E-state index in [9.17, 15) is 24.6 Å². The molecule has 2 aromatic rings. The molecule has 0 aromatic heterocycles. The highest BCUT2D eigenvalue weighted by Crippen LogP contribution is 2.43. The van der Waals surface area contributed by atoms with E-state index in [4.69, 9.17) is 4.74 Å². The molecule has 0 radical (unpaired) electrons. The van der Waals surface area contributed by atoms with E-state index in [1.807, 2.05) is 0 Å². The molecule has 7 heteroatoms. The van der Waals surface area contributed by atoms with Crippen molar-refractivity contribution in [3.05, 3.63) is 59.7 Å². The van der Waals surface area contributed by atoms with Crippen molar-refractivity contribution >= 4 is 23.5 Å². The highest BCUT2D eigenvalue weighted by molar-refractivity contribution is 6.02. The fourth-order valence-corrected chi connectivity index (χ4v) is 3.45. The van der Waals surface area contributed by atoms with Gasteiger partial charge in [0.25, 0.3) is 0 Å². The van der Waals surface area contributed by atoms with E-state index < -0.39 is 29.2 Å². The molecule has 0 fully saturated rings. The molecule has 1 unspecified atom stereocenters. The molecule has 2 aromatic carbocycles. The number of aliphatic carboxylic acids is 2. The van der Waals surface area contributed by atoms with Crippen LogP contribution in [0.1, 0.15) is 23.5 Å². The lowest BCUT2D eigenvalue weighted by molar-refractivity contribution is -0.166. The number of rotatable bonds is 5. The number of carboxylic acids is 2. The number of hydrogen-bond donors (Lipinski definition) is 3. The number of benzene rings is 2. The summed E-state index contributed by atoms with van der Waals surface area (Å²) in [6, 6.07) is 13.6. The Kier molecular flexibility index (Phi) is 4.85. The van der Waals surface area contributed by atoms with Crippen LogP contribution in [-0.2, 0) is 20.8 Å². The lowest BCUT2D eigenvalue weighted by Gasteiger charge is -2.35. The van der Waals surface area contributed by atoms with Crippen LogP contribution >= 0.6 is 0 Å². The fraction of sp³-hybridized carbons (Fsp3) is 0.250. The number of hydrogen-bond acceptors (Lipinski definition) is 4. The first-order valence-corrected chi connectivity index (χ1v) is 8.37. The highest BCUT2D eigenvalue weighted by Gasteiger charge is 2.52. The smallest absolute Gasteiger partial charge is 0.321 e. The summed E-state index contributed by atoms with van der Waals surface area (Å²) < 4.78 is 5.07. The number of anilines is 1. The van der Waals surface area contributed by atoms with Crippen molar-refractivity contribution in [2.75, 3.05) is 12.4 Å². The largest absolute Gasteiger partial charge is 0.497 e. The molecular formula is C20H19NO6. The minimum atomic E-state index is -2.03. The van der Waals surface area contributed by atoms with Gasteiger partial charge in [0.2, 0.25) is 5.91 Å². The van der Waals surface area contributed by atoms with Crippen molar-refractivity contribution in [3.63, 3.8) is 0 Å². The van der Waals surface area contributed by atoms with E-state index in [-0.39, 0.29) is 12.8 Å². The average Bonchev–Trinajstić information content (AvgIpc) is 2.67. The number of carbonyl (C=O) groups is 3. The molecular weight excluding hydrogens is 350 g/mol. The van der Waals surface area contributed by atoms with Gasteiger partial charge in [-0.3, -0.25) is 14.4 Å². The van der Waals surface area contributed by atoms with Crippen LogP contribution in [0.3, 0.4) is 0 Å². The van der Waals surface area contributed by atoms with Gasteiger partial charge in [0, 0.05) is 5.69 Å². The zero-order valence-corrected chi connectivity index (χ0v) is 14.6. The van der Waals surface area contributed by atoms with Gasteiger partial charge in [-0.2, -0.15) is 0 Å². The number of methoxy groups -OCH3 is 1. The SMILES string of the molecule is COc1ccc(NC(=O)C2CC(C(=O)O)(C(=O)O)Cc3ccccc32)cc1. The normalized spacial score (nSPS) is 17.4. The second-order valence-electron chi connectivity index (χ2n) is 6.54. The Morgan fingerprint density at radius 2 is 1.67 bits per heavy atom. The Morgan fingerprint density at radius 3 is 2.26 bits per heavy atom. The Bertz CT molecular complexity index is 876. The predicted molar refractivity (Wildman–Crippen MR) is 96.8 cm³/mol. The molecule has 0 spiro atoms. The van der Waals surface area contributed by atoms with Crippen molar-refractivity contribution in [2.45, 2.75) is 18.8 Å². The third kappa shape index (κ3) is 3.36. The first kappa shape index (κ1) is 18.4. The van der Waals surface area contributed by atoms with Crippen LogP contribution in [-0.4, -0.2) is 35.2 Å². The van der Waals surface area contributed by atoms with Gasteiger partial charge < -0.3 is 20.3 Å². The Hall–Kier alpha value is -3.35. The van der Waals surface area contributed by atoms with Crippen molar-refractivity contribution < 1.29 is 29.3 Å². The van der Waals surface area contributed by atoms with E-state index in [1.54, 1.807) is 48.5 Å². The molecule has 3 rings (SSSR count). The fourth-order valence-electron chi connectivity index (χ4n) is 3.45. The number of ether oxygens (including phenoxy) is 1.